The summed E-state index contributed by atoms with van der Waals surface area (Å²) in [4.78, 5) is 30.6. The lowest BCUT2D eigenvalue weighted by Gasteiger charge is -2.24. The van der Waals surface area contributed by atoms with Gasteiger partial charge in [-0.15, -0.1) is 0 Å². The molecule has 9 nitrogen and oxygen atoms in total. The number of carbonyl (C=O) groups is 2. The van der Waals surface area contributed by atoms with Crippen molar-refractivity contribution in [2.75, 3.05) is 0 Å². The van der Waals surface area contributed by atoms with Gasteiger partial charge in [0.05, 0.1) is 11.3 Å². The molecule has 2 aromatic rings. The van der Waals surface area contributed by atoms with Crippen LogP contribution in [0.25, 0.3) is 0 Å². The normalized spacial score (nSPS) is 11.8. The van der Waals surface area contributed by atoms with Crippen molar-refractivity contribution in [1.29, 1.82) is 0 Å². The summed E-state index contributed by atoms with van der Waals surface area (Å²) in [6, 6.07) is 11.5. The van der Waals surface area contributed by atoms with Crippen molar-refractivity contribution in [3.8, 4) is 0 Å². The molecule has 0 unspecified atom stereocenters. The monoisotopic (exact) mass is 569 g/mol. The van der Waals surface area contributed by atoms with E-state index < -0.39 is 23.1 Å². The molecule has 0 aliphatic carbocycles. The molecule has 0 saturated carbocycles. The summed E-state index contributed by atoms with van der Waals surface area (Å²) in [7, 11) is 0. The first kappa shape index (κ1) is 32.6. The van der Waals surface area contributed by atoms with E-state index in [9.17, 15) is 9.59 Å². The van der Waals surface area contributed by atoms with Gasteiger partial charge in [0.15, 0.2) is 11.1 Å². The van der Waals surface area contributed by atoms with E-state index in [-0.39, 0.29) is 34.7 Å². The molecule has 0 aromatic heterocycles. The molecular weight excluding hydrogens is 526 g/mol. The Hall–Kier alpha value is -3.66. The Kier molecular flexibility index (Phi) is 10.3. The van der Waals surface area contributed by atoms with Gasteiger partial charge in [-0.1, -0.05) is 51.1 Å². The van der Waals surface area contributed by atoms with Crippen LogP contribution in [0, 0.1) is 0 Å². The van der Waals surface area contributed by atoms with Crippen LogP contribution in [-0.4, -0.2) is 34.2 Å². The van der Waals surface area contributed by atoms with E-state index in [1.807, 2.05) is 0 Å². The van der Waals surface area contributed by atoms with Crippen LogP contribution in [0.4, 0.5) is 5.69 Å². The van der Waals surface area contributed by atoms with Crippen LogP contribution in [-0.2, 0) is 28.0 Å². The molecule has 0 spiro atoms. The predicted octanol–water partition coefficient (Wildman–Crippen LogP) is 4.96. The third-order valence-corrected chi connectivity index (χ3v) is 5.73. The number of hydrogen-bond donors (Lipinski definition) is 4. The average Bonchev–Trinajstić information content (AvgIpc) is 2.78. The molecule has 0 fully saturated rings. The van der Waals surface area contributed by atoms with Crippen molar-refractivity contribution >= 4 is 40.9 Å². The van der Waals surface area contributed by atoms with Crippen molar-refractivity contribution < 1.29 is 19.1 Å². The minimum Gasteiger partial charge on any atom is -0.456 e. The van der Waals surface area contributed by atoms with Crippen molar-refractivity contribution in [3.05, 3.63) is 64.2 Å². The Morgan fingerprint density at radius 1 is 0.800 bits per heavy atom. The van der Waals surface area contributed by atoms with E-state index in [1.54, 1.807) is 47.6 Å². The molecule has 0 bridgehead atoms. The number of rotatable bonds is 7. The molecule has 0 aliphatic rings. The molecule has 40 heavy (non-hydrogen) atoms. The van der Waals surface area contributed by atoms with E-state index in [4.69, 9.17) is 33.2 Å². The van der Waals surface area contributed by atoms with Crippen molar-refractivity contribution in [3.63, 3.8) is 0 Å². The van der Waals surface area contributed by atoms with Crippen molar-refractivity contribution in [2.24, 2.45) is 16.5 Å². The molecule has 218 valence electrons. The Balaban J connectivity index is 2.35. The van der Waals surface area contributed by atoms with Gasteiger partial charge in [0.25, 0.3) is 0 Å². The van der Waals surface area contributed by atoms with Crippen molar-refractivity contribution in [2.45, 2.75) is 92.0 Å². The van der Waals surface area contributed by atoms with E-state index >= 15 is 0 Å². The van der Waals surface area contributed by atoms with Crippen LogP contribution < -0.4 is 22.1 Å². The van der Waals surface area contributed by atoms with Gasteiger partial charge in [0.1, 0.15) is 16.8 Å². The van der Waals surface area contributed by atoms with Crippen molar-refractivity contribution in [1.82, 2.24) is 10.6 Å². The zero-order chi connectivity index (χ0) is 30.5. The van der Waals surface area contributed by atoms with Gasteiger partial charge < -0.3 is 31.6 Å². The zero-order valence-corrected chi connectivity index (χ0v) is 25.8. The summed E-state index contributed by atoms with van der Waals surface area (Å²) < 4.78 is 11.1. The predicted molar refractivity (Wildman–Crippen MR) is 164 cm³/mol. The minimum atomic E-state index is -0.831. The number of guanidine groups is 1. The fraction of sp³-hybridized carbons (Fsp3) is 0.467. The fourth-order valence-electron chi connectivity index (χ4n) is 3.62. The molecule has 0 heterocycles. The first-order chi connectivity index (χ1) is 18.3. The van der Waals surface area contributed by atoms with Crippen LogP contribution in [0.2, 0.25) is 0 Å². The lowest BCUT2D eigenvalue weighted by molar-refractivity contribution is 0.00193. The quantitative estimate of drug-likeness (QED) is 0.157. The fourth-order valence-corrected chi connectivity index (χ4v) is 3.76. The van der Waals surface area contributed by atoms with Crippen LogP contribution in [0.1, 0.15) is 99.7 Å². The number of thiocarbonyl (C=S) groups is 1. The second kappa shape index (κ2) is 12.7. The third-order valence-electron chi connectivity index (χ3n) is 5.44. The molecule has 0 amide bonds. The number of esters is 2. The number of aliphatic imine (C=N–C) groups is 1. The standard InChI is InChI=1S/C30H43N5O4S/c1-28(2,3)20-13-10-18(11-14-20)16-33-27(40)34-17-19-12-15-21(24(36)38-29(4,5)6)22(23(19)35-26(31)32)25(37)39-30(7,8)9/h10-15H,16-17H2,1-9H3,(H4,31,32,35)(H2,33,34,40). The summed E-state index contributed by atoms with van der Waals surface area (Å²) in [6.07, 6.45) is 0. The lowest BCUT2D eigenvalue weighted by Crippen LogP contribution is -2.34. The maximum Gasteiger partial charge on any atom is 0.341 e. The highest BCUT2D eigenvalue weighted by Gasteiger charge is 2.30. The largest absolute Gasteiger partial charge is 0.456 e. The van der Waals surface area contributed by atoms with Gasteiger partial charge >= 0.3 is 11.9 Å². The summed E-state index contributed by atoms with van der Waals surface area (Å²) in [5, 5.41) is 6.70. The zero-order valence-electron chi connectivity index (χ0n) is 25.0. The minimum absolute atomic E-state index is 0.00710. The van der Waals surface area contributed by atoms with E-state index in [2.05, 4.69) is 60.7 Å². The molecule has 0 aliphatic heterocycles. The highest BCUT2D eigenvalue weighted by Crippen LogP contribution is 2.31. The molecule has 0 atom stereocenters. The number of benzene rings is 2. The maximum absolute atomic E-state index is 13.3. The van der Waals surface area contributed by atoms with E-state index in [0.717, 1.165) is 5.56 Å². The molecule has 6 N–H and O–H groups in total. The van der Waals surface area contributed by atoms with Gasteiger partial charge in [-0.2, -0.15) is 0 Å². The molecule has 0 saturated heterocycles. The second-order valence-corrected chi connectivity index (χ2v) is 12.9. The number of nitrogens with zero attached hydrogens (tertiary/aromatic N) is 1. The topological polar surface area (TPSA) is 141 Å². The van der Waals surface area contributed by atoms with E-state index in [1.165, 1.54) is 11.6 Å². The summed E-state index contributed by atoms with van der Waals surface area (Å²) >= 11 is 5.48. The SMILES string of the molecule is CC(C)(C)OC(=O)c1ccc(CNC(=S)NCc2ccc(C(C)(C)C)cc2)c(N=C(N)N)c1C(=O)OC(C)(C)C. The van der Waals surface area contributed by atoms with Gasteiger partial charge in [0.2, 0.25) is 0 Å². The van der Waals surface area contributed by atoms with Crippen LogP contribution in [0.5, 0.6) is 0 Å². The first-order valence-corrected chi connectivity index (χ1v) is 13.5. The Bertz CT molecular complexity index is 1260. The third kappa shape index (κ3) is 10.1. The Morgan fingerprint density at radius 3 is 1.82 bits per heavy atom. The van der Waals surface area contributed by atoms with Crippen LogP contribution in [0.15, 0.2) is 41.4 Å². The van der Waals surface area contributed by atoms with Crippen LogP contribution >= 0.6 is 12.2 Å². The van der Waals surface area contributed by atoms with Gasteiger partial charge in [-0.25, -0.2) is 14.6 Å². The lowest BCUT2D eigenvalue weighted by atomic mass is 9.87. The van der Waals surface area contributed by atoms with Gasteiger partial charge in [-0.3, -0.25) is 0 Å². The van der Waals surface area contributed by atoms with E-state index in [0.29, 0.717) is 17.2 Å². The summed E-state index contributed by atoms with van der Waals surface area (Å²) in [6.45, 7) is 17.6. The molecule has 10 heteroatoms. The Morgan fingerprint density at radius 2 is 1.32 bits per heavy atom. The smallest absolute Gasteiger partial charge is 0.341 e. The number of ether oxygens (including phenoxy) is 2. The highest BCUT2D eigenvalue weighted by molar-refractivity contribution is 7.80. The molecular formula is C30H43N5O4S. The number of carbonyl (C=O) groups excluding carboxylic acids is 2. The summed E-state index contributed by atoms with van der Waals surface area (Å²) in [5.41, 5.74) is 12.8. The number of nitrogens with one attached hydrogen (secondary N) is 2. The second-order valence-electron chi connectivity index (χ2n) is 12.5. The molecule has 2 aromatic carbocycles. The van der Waals surface area contributed by atoms with Gasteiger partial charge in [0, 0.05) is 13.1 Å². The molecule has 2 rings (SSSR count). The number of hydrogen-bond acceptors (Lipinski definition) is 6. The number of nitrogens with two attached hydrogens (primary N) is 2. The first-order valence-electron chi connectivity index (χ1n) is 13.1. The average molecular weight is 570 g/mol. The maximum atomic E-state index is 13.3. The Labute approximate surface area is 243 Å². The van der Waals surface area contributed by atoms with Crippen LogP contribution in [0.3, 0.4) is 0 Å². The molecule has 0 radical (unpaired) electrons. The highest BCUT2D eigenvalue weighted by atomic mass is 32.1. The summed E-state index contributed by atoms with van der Waals surface area (Å²) in [5.74, 6) is -1.74. The van der Waals surface area contributed by atoms with Gasteiger partial charge in [-0.05, 0) is 81.9 Å².